The van der Waals surface area contributed by atoms with Gasteiger partial charge in [-0.15, -0.1) is 16.9 Å². The Morgan fingerprint density at radius 1 is 1.18 bits per heavy atom. The van der Waals surface area contributed by atoms with Crippen molar-refractivity contribution in [1.82, 2.24) is 20.5 Å². The number of hydrogen-bond acceptors (Lipinski definition) is 6. The molecule has 2 aromatic carbocycles. The van der Waals surface area contributed by atoms with E-state index in [0.717, 1.165) is 34.9 Å². The Morgan fingerprint density at radius 2 is 1.97 bits per heavy atom. The standard InChI is InChI=1S/C24H26N6O2S/c1-29-19-14-17(30-11-5-6-12-30)9-10-20(19)33-15-18(24(29)32)25-23(31)22-26-21(27-28-22)13-16-7-3-2-4-8-16/h2-4,7-10,14,18H,5-6,11-13,15H2,1H3,(H,25,31)(H,26,27,28)/t18-/m0/s1. The Labute approximate surface area is 196 Å². The van der Waals surface area contributed by atoms with Crippen LogP contribution in [0.25, 0.3) is 0 Å². The third kappa shape index (κ3) is 4.59. The van der Waals surface area contributed by atoms with E-state index in [-0.39, 0.29) is 11.7 Å². The summed E-state index contributed by atoms with van der Waals surface area (Å²) in [6.07, 6.45) is 2.95. The van der Waals surface area contributed by atoms with Crippen molar-refractivity contribution in [3.8, 4) is 0 Å². The van der Waals surface area contributed by atoms with Crippen LogP contribution in [0.15, 0.2) is 53.4 Å². The van der Waals surface area contributed by atoms with Crippen LogP contribution >= 0.6 is 11.8 Å². The minimum atomic E-state index is -0.661. The van der Waals surface area contributed by atoms with Crippen LogP contribution in [-0.4, -0.2) is 58.9 Å². The van der Waals surface area contributed by atoms with Crippen LogP contribution in [0.5, 0.6) is 0 Å². The first kappa shape index (κ1) is 21.5. The van der Waals surface area contributed by atoms with Gasteiger partial charge in [-0.25, -0.2) is 4.98 Å². The van der Waals surface area contributed by atoms with Gasteiger partial charge in [-0.2, -0.15) is 0 Å². The van der Waals surface area contributed by atoms with Crippen LogP contribution in [0, 0.1) is 0 Å². The Morgan fingerprint density at radius 3 is 2.76 bits per heavy atom. The van der Waals surface area contributed by atoms with Gasteiger partial charge in [0.25, 0.3) is 5.91 Å². The number of likely N-dealkylation sites (N-methyl/N-ethyl adjacent to an activating group) is 1. The number of rotatable bonds is 5. The van der Waals surface area contributed by atoms with E-state index in [0.29, 0.717) is 18.0 Å². The number of anilines is 2. The molecule has 0 aliphatic carbocycles. The number of fused-ring (bicyclic) bond motifs is 1. The van der Waals surface area contributed by atoms with Gasteiger partial charge in [-0.3, -0.25) is 14.7 Å². The minimum Gasteiger partial charge on any atom is -0.371 e. The van der Waals surface area contributed by atoms with E-state index >= 15 is 0 Å². The van der Waals surface area contributed by atoms with Crippen LogP contribution in [-0.2, 0) is 11.2 Å². The summed E-state index contributed by atoms with van der Waals surface area (Å²) in [6.45, 7) is 2.09. The van der Waals surface area contributed by atoms with Crippen molar-refractivity contribution in [2.45, 2.75) is 30.2 Å². The lowest BCUT2D eigenvalue weighted by molar-refractivity contribution is -0.119. The summed E-state index contributed by atoms with van der Waals surface area (Å²) in [5, 5.41) is 9.71. The van der Waals surface area contributed by atoms with Crippen molar-refractivity contribution in [2.24, 2.45) is 0 Å². The van der Waals surface area contributed by atoms with Gasteiger partial charge in [0.1, 0.15) is 11.9 Å². The third-order valence-electron chi connectivity index (χ3n) is 6.06. The van der Waals surface area contributed by atoms with Gasteiger partial charge in [0, 0.05) is 42.9 Å². The Balaban J connectivity index is 1.27. The zero-order valence-electron chi connectivity index (χ0n) is 18.5. The van der Waals surface area contributed by atoms with Gasteiger partial charge < -0.3 is 15.1 Å². The van der Waals surface area contributed by atoms with Gasteiger partial charge >= 0.3 is 0 Å². The molecule has 0 radical (unpaired) electrons. The van der Waals surface area contributed by atoms with Gasteiger partial charge in [0.15, 0.2) is 0 Å². The molecular weight excluding hydrogens is 436 g/mol. The molecule has 2 aliphatic rings. The molecule has 2 N–H and O–H groups in total. The second-order valence-electron chi connectivity index (χ2n) is 8.35. The number of H-pyrrole nitrogens is 1. The number of thioether (sulfide) groups is 1. The van der Waals surface area contributed by atoms with Crippen molar-refractivity contribution in [2.75, 3.05) is 35.7 Å². The SMILES string of the molecule is CN1C(=O)[C@@H](NC(=O)c2n[nH]c(Cc3ccccc3)n2)CSc2ccc(N3CCCC3)cc21. The smallest absolute Gasteiger partial charge is 0.291 e. The average molecular weight is 463 g/mol. The number of hydrogen-bond donors (Lipinski definition) is 2. The molecule has 0 bridgehead atoms. The Bertz CT molecular complexity index is 1160. The molecule has 0 spiro atoms. The summed E-state index contributed by atoms with van der Waals surface area (Å²) in [6, 6.07) is 15.5. The van der Waals surface area contributed by atoms with Crippen molar-refractivity contribution in [1.29, 1.82) is 0 Å². The number of amides is 2. The summed E-state index contributed by atoms with van der Waals surface area (Å²) in [5.41, 5.74) is 3.10. The van der Waals surface area contributed by atoms with E-state index in [1.165, 1.54) is 12.8 Å². The van der Waals surface area contributed by atoms with E-state index in [9.17, 15) is 9.59 Å². The van der Waals surface area contributed by atoms with Crippen LogP contribution in [0.3, 0.4) is 0 Å². The van der Waals surface area contributed by atoms with E-state index in [2.05, 4.69) is 43.6 Å². The summed E-state index contributed by atoms with van der Waals surface area (Å²) < 4.78 is 0. The molecule has 2 amide bonds. The minimum absolute atomic E-state index is 0.0412. The number of nitrogens with zero attached hydrogens (tertiary/aromatic N) is 4. The van der Waals surface area contributed by atoms with E-state index in [1.807, 2.05) is 30.3 Å². The zero-order chi connectivity index (χ0) is 22.8. The molecule has 1 aromatic heterocycles. The molecule has 1 atom stereocenters. The average Bonchev–Trinajstić information content (AvgIpc) is 3.52. The first-order chi connectivity index (χ1) is 16.1. The van der Waals surface area contributed by atoms with E-state index in [4.69, 9.17) is 0 Å². The molecule has 1 saturated heterocycles. The highest BCUT2D eigenvalue weighted by atomic mass is 32.2. The summed E-state index contributed by atoms with van der Waals surface area (Å²) in [7, 11) is 1.77. The van der Waals surface area contributed by atoms with E-state index in [1.54, 1.807) is 23.7 Å². The van der Waals surface area contributed by atoms with Crippen LogP contribution in [0.2, 0.25) is 0 Å². The highest BCUT2D eigenvalue weighted by Crippen LogP contribution is 2.37. The van der Waals surface area contributed by atoms with Crippen LogP contribution in [0.1, 0.15) is 34.8 Å². The lowest BCUT2D eigenvalue weighted by atomic mass is 10.1. The van der Waals surface area contributed by atoms with Crippen LogP contribution < -0.4 is 15.1 Å². The van der Waals surface area contributed by atoms with Crippen molar-refractivity contribution in [3.05, 3.63) is 65.7 Å². The summed E-state index contributed by atoms with van der Waals surface area (Å²) in [4.78, 5) is 35.3. The molecule has 0 saturated carbocycles. The van der Waals surface area contributed by atoms with Gasteiger partial charge in [0.05, 0.1) is 5.69 Å². The lowest BCUT2D eigenvalue weighted by Crippen LogP contribution is -2.48. The molecule has 2 aliphatic heterocycles. The topological polar surface area (TPSA) is 94.2 Å². The van der Waals surface area contributed by atoms with Crippen molar-refractivity contribution >= 4 is 35.0 Å². The maximum atomic E-state index is 13.2. The summed E-state index contributed by atoms with van der Waals surface area (Å²) >= 11 is 1.58. The Kier molecular flexibility index (Phi) is 6.04. The highest BCUT2D eigenvalue weighted by Gasteiger charge is 2.31. The molecule has 170 valence electrons. The maximum Gasteiger partial charge on any atom is 0.291 e. The number of aromatic amines is 1. The van der Waals surface area contributed by atoms with Gasteiger partial charge in [-0.05, 0) is 36.6 Å². The first-order valence-corrected chi connectivity index (χ1v) is 12.1. The number of aromatic nitrogens is 3. The number of carbonyl (C=O) groups excluding carboxylic acids is 2. The fraction of sp³-hybridized carbons (Fsp3) is 0.333. The fourth-order valence-electron chi connectivity index (χ4n) is 4.25. The largest absolute Gasteiger partial charge is 0.371 e. The molecule has 3 heterocycles. The maximum absolute atomic E-state index is 13.2. The highest BCUT2D eigenvalue weighted by molar-refractivity contribution is 7.99. The molecule has 3 aromatic rings. The molecule has 8 nitrogen and oxygen atoms in total. The zero-order valence-corrected chi connectivity index (χ0v) is 19.3. The molecule has 1 fully saturated rings. The predicted octanol–water partition coefficient (Wildman–Crippen LogP) is 2.86. The van der Waals surface area contributed by atoms with Crippen molar-refractivity contribution < 1.29 is 9.59 Å². The summed E-state index contributed by atoms with van der Waals surface area (Å²) in [5.74, 6) is 0.493. The monoisotopic (exact) mass is 462 g/mol. The number of carbonyl (C=O) groups is 2. The normalized spacial score (nSPS) is 18.2. The molecule has 9 heteroatoms. The van der Waals surface area contributed by atoms with Gasteiger partial charge in [-0.1, -0.05) is 30.3 Å². The van der Waals surface area contributed by atoms with Crippen molar-refractivity contribution in [3.63, 3.8) is 0 Å². The molecular formula is C24H26N6O2S. The second-order valence-corrected chi connectivity index (χ2v) is 9.41. The molecule has 5 rings (SSSR count). The number of nitrogens with one attached hydrogen (secondary N) is 2. The van der Waals surface area contributed by atoms with E-state index < -0.39 is 11.9 Å². The second kappa shape index (κ2) is 9.27. The first-order valence-electron chi connectivity index (χ1n) is 11.1. The fourth-order valence-corrected chi connectivity index (χ4v) is 5.33. The number of benzene rings is 2. The quantitative estimate of drug-likeness (QED) is 0.606. The Hall–Kier alpha value is -3.33. The predicted molar refractivity (Wildman–Crippen MR) is 129 cm³/mol. The molecule has 0 unspecified atom stereocenters. The lowest BCUT2D eigenvalue weighted by Gasteiger charge is -2.24. The van der Waals surface area contributed by atoms with Gasteiger partial charge in [0.2, 0.25) is 11.7 Å². The molecule has 33 heavy (non-hydrogen) atoms. The van der Waals surface area contributed by atoms with Crippen LogP contribution in [0.4, 0.5) is 11.4 Å². The third-order valence-corrected chi connectivity index (χ3v) is 7.22.